The highest BCUT2D eigenvalue weighted by Gasteiger charge is 2.21. The van der Waals surface area contributed by atoms with Crippen LogP contribution >= 0.6 is 0 Å². The van der Waals surface area contributed by atoms with E-state index in [2.05, 4.69) is 10.6 Å². The second-order valence-corrected chi connectivity index (χ2v) is 5.08. The molecule has 0 spiro atoms. The fourth-order valence-electron chi connectivity index (χ4n) is 1.69. The Morgan fingerprint density at radius 3 is 2.50 bits per heavy atom. The van der Waals surface area contributed by atoms with Crippen LogP contribution in [0.15, 0.2) is 18.2 Å². The maximum absolute atomic E-state index is 13.3. The molecule has 0 fully saturated rings. The molecule has 3 N–H and O–H groups in total. The fraction of sp³-hybridized carbons (Fsp3) is 0.429. The first-order valence-corrected chi connectivity index (χ1v) is 6.36. The molecular formula is C14H19FN2O3. The van der Waals surface area contributed by atoms with Crippen LogP contribution in [0.3, 0.4) is 0 Å². The molecule has 0 aliphatic heterocycles. The summed E-state index contributed by atoms with van der Waals surface area (Å²) in [6, 6.07) is 2.64. The highest BCUT2D eigenvalue weighted by atomic mass is 19.1. The van der Waals surface area contributed by atoms with Crippen LogP contribution in [0.1, 0.15) is 25.8 Å². The fourth-order valence-corrected chi connectivity index (χ4v) is 1.69. The lowest BCUT2D eigenvalue weighted by molar-refractivity contribution is -0.139. The Morgan fingerprint density at radius 1 is 1.35 bits per heavy atom. The molecule has 6 heteroatoms. The molecule has 0 heterocycles. The second-order valence-electron chi connectivity index (χ2n) is 5.08. The SMILES string of the molecule is Cc1ccc(NC(=O)N[C@H](CC(C)C)C(=O)O)cc1F. The molecule has 1 aromatic rings. The van der Waals surface area contributed by atoms with Gasteiger partial charge in [-0.1, -0.05) is 19.9 Å². The third-order valence-electron chi connectivity index (χ3n) is 2.74. The van der Waals surface area contributed by atoms with Crippen LogP contribution in [-0.4, -0.2) is 23.1 Å². The summed E-state index contributed by atoms with van der Waals surface area (Å²) in [7, 11) is 0. The molecule has 0 bridgehead atoms. The van der Waals surface area contributed by atoms with Gasteiger partial charge in [-0.15, -0.1) is 0 Å². The minimum Gasteiger partial charge on any atom is -0.480 e. The molecular weight excluding hydrogens is 263 g/mol. The summed E-state index contributed by atoms with van der Waals surface area (Å²) in [5, 5.41) is 13.8. The molecule has 0 aliphatic carbocycles. The van der Waals surface area contributed by atoms with Gasteiger partial charge in [-0.3, -0.25) is 0 Å². The van der Waals surface area contributed by atoms with Crippen LogP contribution in [0.5, 0.6) is 0 Å². The van der Waals surface area contributed by atoms with Gasteiger partial charge in [-0.05, 0) is 37.0 Å². The van der Waals surface area contributed by atoms with Gasteiger partial charge in [-0.25, -0.2) is 14.0 Å². The van der Waals surface area contributed by atoms with Crippen LogP contribution in [0.25, 0.3) is 0 Å². The van der Waals surface area contributed by atoms with Crippen molar-refractivity contribution < 1.29 is 19.1 Å². The number of hydrogen-bond acceptors (Lipinski definition) is 2. The van der Waals surface area contributed by atoms with Crippen LogP contribution < -0.4 is 10.6 Å². The Hall–Kier alpha value is -2.11. The molecule has 1 aromatic carbocycles. The normalized spacial score (nSPS) is 12.1. The maximum atomic E-state index is 13.3. The number of benzene rings is 1. The Labute approximate surface area is 117 Å². The van der Waals surface area contributed by atoms with Crippen molar-refractivity contribution in [2.75, 3.05) is 5.32 Å². The molecule has 110 valence electrons. The highest BCUT2D eigenvalue weighted by Crippen LogP contribution is 2.13. The van der Waals surface area contributed by atoms with E-state index in [1.165, 1.54) is 12.1 Å². The largest absolute Gasteiger partial charge is 0.480 e. The number of carbonyl (C=O) groups excluding carboxylic acids is 1. The van der Waals surface area contributed by atoms with E-state index in [0.717, 1.165) is 0 Å². The number of aryl methyl sites for hydroxylation is 1. The van der Waals surface area contributed by atoms with Crippen LogP contribution in [0.4, 0.5) is 14.9 Å². The number of rotatable bonds is 5. The van der Waals surface area contributed by atoms with Gasteiger partial charge in [0.05, 0.1) is 0 Å². The summed E-state index contributed by atoms with van der Waals surface area (Å²) >= 11 is 0. The van der Waals surface area contributed by atoms with Crippen molar-refractivity contribution in [1.82, 2.24) is 5.32 Å². The van der Waals surface area contributed by atoms with Gasteiger partial charge < -0.3 is 15.7 Å². The number of hydrogen-bond donors (Lipinski definition) is 3. The molecule has 5 nitrogen and oxygen atoms in total. The molecule has 0 unspecified atom stereocenters. The molecule has 0 aromatic heterocycles. The summed E-state index contributed by atoms with van der Waals surface area (Å²) in [5.74, 6) is -1.39. The van der Waals surface area contributed by atoms with Crippen LogP contribution in [-0.2, 0) is 4.79 Å². The first-order valence-electron chi connectivity index (χ1n) is 6.36. The lowest BCUT2D eigenvalue weighted by Crippen LogP contribution is -2.43. The number of halogens is 1. The van der Waals surface area contributed by atoms with E-state index < -0.39 is 23.9 Å². The van der Waals surface area contributed by atoms with Crippen LogP contribution in [0, 0.1) is 18.7 Å². The van der Waals surface area contributed by atoms with E-state index in [4.69, 9.17) is 5.11 Å². The zero-order chi connectivity index (χ0) is 15.3. The van der Waals surface area contributed by atoms with E-state index in [-0.39, 0.29) is 11.6 Å². The third-order valence-corrected chi connectivity index (χ3v) is 2.74. The Balaban J connectivity index is 2.65. The summed E-state index contributed by atoms with van der Waals surface area (Å²) in [4.78, 5) is 22.7. The monoisotopic (exact) mass is 282 g/mol. The van der Waals surface area contributed by atoms with E-state index >= 15 is 0 Å². The standard InChI is InChI=1S/C14H19FN2O3/c1-8(2)6-12(13(18)19)17-14(20)16-10-5-4-9(3)11(15)7-10/h4-5,7-8,12H,6H2,1-3H3,(H,18,19)(H2,16,17,20)/t12-/m1/s1. The zero-order valence-corrected chi connectivity index (χ0v) is 11.7. The van der Waals surface area contributed by atoms with E-state index in [1.807, 2.05) is 13.8 Å². The van der Waals surface area contributed by atoms with Gasteiger partial charge in [0.2, 0.25) is 0 Å². The highest BCUT2D eigenvalue weighted by molar-refractivity contribution is 5.92. The lowest BCUT2D eigenvalue weighted by Gasteiger charge is -2.17. The summed E-state index contributed by atoms with van der Waals surface area (Å²) in [6.07, 6.45) is 0.324. The van der Waals surface area contributed by atoms with Gasteiger partial charge in [0, 0.05) is 5.69 Å². The maximum Gasteiger partial charge on any atom is 0.326 e. The molecule has 0 radical (unpaired) electrons. The summed E-state index contributed by atoms with van der Waals surface area (Å²) in [5.41, 5.74) is 0.749. The van der Waals surface area contributed by atoms with Crippen molar-refractivity contribution in [3.8, 4) is 0 Å². The number of urea groups is 1. The Morgan fingerprint density at radius 2 is 2.00 bits per heavy atom. The number of carboxylic acid groups (broad SMARTS) is 1. The molecule has 20 heavy (non-hydrogen) atoms. The van der Waals surface area contributed by atoms with Crippen molar-refractivity contribution in [2.45, 2.75) is 33.2 Å². The van der Waals surface area contributed by atoms with Crippen molar-refractivity contribution in [1.29, 1.82) is 0 Å². The summed E-state index contributed by atoms with van der Waals surface area (Å²) < 4.78 is 13.3. The third kappa shape index (κ3) is 4.87. The molecule has 1 atom stereocenters. The van der Waals surface area contributed by atoms with Gasteiger partial charge in [-0.2, -0.15) is 0 Å². The number of carbonyl (C=O) groups is 2. The predicted octanol–water partition coefficient (Wildman–Crippen LogP) is 2.75. The van der Waals surface area contributed by atoms with Crippen molar-refractivity contribution in [2.24, 2.45) is 5.92 Å². The van der Waals surface area contributed by atoms with Gasteiger partial charge in [0.25, 0.3) is 0 Å². The molecule has 0 saturated carbocycles. The molecule has 2 amide bonds. The second kappa shape index (κ2) is 6.88. The minimum atomic E-state index is -1.09. The van der Waals surface area contributed by atoms with Crippen molar-refractivity contribution in [3.05, 3.63) is 29.6 Å². The number of carboxylic acids is 1. The Bertz CT molecular complexity index is 503. The number of nitrogens with one attached hydrogen (secondary N) is 2. The Kier molecular flexibility index (Phi) is 5.49. The first-order chi connectivity index (χ1) is 9.29. The number of aliphatic carboxylic acids is 1. The van der Waals surface area contributed by atoms with Crippen molar-refractivity contribution >= 4 is 17.7 Å². The van der Waals surface area contributed by atoms with E-state index in [9.17, 15) is 14.0 Å². The zero-order valence-electron chi connectivity index (χ0n) is 11.7. The summed E-state index contributed by atoms with van der Waals surface area (Å²) in [6.45, 7) is 5.35. The first kappa shape index (κ1) is 15.9. The van der Waals surface area contributed by atoms with Gasteiger partial charge >= 0.3 is 12.0 Å². The lowest BCUT2D eigenvalue weighted by atomic mass is 10.0. The van der Waals surface area contributed by atoms with Crippen LogP contribution in [0.2, 0.25) is 0 Å². The average Bonchev–Trinajstić information content (AvgIpc) is 2.32. The van der Waals surface area contributed by atoms with Crippen molar-refractivity contribution in [3.63, 3.8) is 0 Å². The quantitative estimate of drug-likeness (QED) is 0.777. The smallest absolute Gasteiger partial charge is 0.326 e. The van der Waals surface area contributed by atoms with Gasteiger partial charge in [0.1, 0.15) is 11.9 Å². The minimum absolute atomic E-state index is 0.133. The molecule has 1 rings (SSSR count). The molecule has 0 aliphatic rings. The number of anilines is 1. The van der Waals surface area contributed by atoms with E-state index in [1.54, 1.807) is 13.0 Å². The number of amides is 2. The van der Waals surface area contributed by atoms with Gasteiger partial charge in [0.15, 0.2) is 0 Å². The van der Waals surface area contributed by atoms with E-state index in [0.29, 0.717) is 12.0 Å². The topological polar surface area (TPSA) is 78.4 Å². The average molecular weight is 282 g/mol. The predicted molar refractivity (Wildman–Crippen MR) is 74.2 cm³/mol. The molecule has 0 saturated heterocycles.